The second-order valence-electron chi connectivity index (χ2n) is 6.63. The molecule has 1 aromatic carbocycles. The number of ether oxygens (including phenoxy) is 2. The molecule has 0 fully saturated rings. The van der Waals surface area contributed by atoms with E-state index in [9.17, 15) is 26.8 Å². The SMILES string of the molecule is COC(=O)c1c(F)cc(CCCN(C(=O)OC(C)(C)C)S(N)(=O)=O)cc1F. The minimum absolute atomic E-state index is 0.0180. The van der Waals surface area contributed by atoms with Crippen LogP contribution in [0.4, 0.5) is 13.6 Å². The van der Waals surface area contributed by atoms with Crippen molar-refractivity contribution in [1.29, 1.82) is 0 Å². The number of hydrogen-bond donors (Lipinski definition) is 1. The number of rotatable bonds is 6. The van der Waals surface area contributed by atoms with Crippen LogP contribution in [-0.4, -0.2) is 44.0 Å². The summed E-state index contributed by atoms with van der Waals surface area (Å²) in [5.74, 6) is -3.36. The number of nitrogens with zero attached hydrogens (tertiary/aromatic N) is 1. The lowest BCUT2D eigenvalue weighted by Crippen LogP contribution is -2.44. The molecule has 27 heavy (non-hydrogen) atoms. The van der Waals surface area contributed by atoms with Crippen molar-refractivity contribution in [2.45, 2.75) is 39.2 Å². The molecule has 8 nitrogen and oxygen atoms in total. The van der Waals surface area contributed by atoms with Gasteiger partial charge < -0.3 is 9.47 Å². The van der Waals surface area contributed by atoms with E-state index in [1.165, 1.54) is 0 Å². The lowest BCUT2D eigenvalue weighted by molar-refractivity contribution is 0.0389. The highest BCUT2D eigenvalue weighted by molar-refractivity contribution is 7.87. The molecule has 0 saturated carbocycles. The van der Waals surface area contributed by atoms with E-state index in [1.54, 1.807) is 20.8 Å². The predicted octanol–water partition coefficient (Wildman–Crippen LogP) is 2.12. The summed E-state index contributed by atoms with van der Waals surface area (Å²) in [5.41, 5.74) is -1.59. The van der Waals surface area contributed by atoms with Crippen molar-refractivity contribution < 1.29 is 36.3 Å². The average molecular weight is 408 g/mol. The molecule has 11 heteroatoms. The highest BCUT2D eigenvalue weighted by Crippen LogP contribution is 2.18. The molecule has 0 aliphatic heterocycles. The van der Waals surface area contributed by atoms with Crippen LogP contribution in [0.15, 0.2) is 12.1 Å². The zero-order valence-electron chi connectivity index (χ0n) is 15.4. The number of halogens is 2. The van der Waals surface area contributed by atoms with Crippen LogP contribution in [0.3, 0.4) is 0 Å². The summed E-state index contributed by atoms with van der Waals surface area (Å²) in [4.78, 5) is 23.3. The zero-order chi connectivity index (χ0) is 21.0. The molecule has 0 spiro atoms. The molecular formula is C16H22F2N2O6S. The predicted molar refractivity (Wildman–Crippen MR) is 92.1 cm³/mol. The van der Waals surface area contributed by atoms with Gasteiger partial charge in [0.25, 0.3) is 0 Å². The molecule has 152 valence electrons. The van der Waals surface area contributed by atoms with Crippen molar-refractivity contribution in [2.24, 2.45) is 5.14 Å². The molecule has 0 atom stereocenters. The van der Waals surface area contributed by atoms with E-state index in [-0.39, 0.29) is 24.9 Å². The van der Waals surface area contributed by atoms with Crippen LogP contribution < -0.4 is 5.14 Å². The summed E-state index contributed by atoms with van der Waals surface area (Å²) in [6, 6.07) is 1.87. The number of methoxy groups -OCH3 is 1. The normalized spacial score (nSPS) is 11.8. The fourth-order valence-electron chi connectivity index (χ4n) is 2.13. The van der Waals surface area contributed by atoms with E-state index >= 15 is 0 Å². The Balaban J connectivity index is 2.87. The van der Waals surface area contributed by atoms with Crippen molar-refractivity contribution in [3.63, 3.8) is 0 Å². The second kappa shape index (κ2) is 8.61. The Hall–Kier alpha value is -2.27. The molecule has 0 heterocycles. The molecule has 0 aliphatic rings. The largest absolute Gasteiger partial charge is 0.465 e. The third-order valence-electron chi connectivity index (χ3n) is 3.22. The molecule has 0 radical (unpaired) electrons. The van der Waals surface area contributed by atoms with Crippen LogP contribution in [0.25, 0.3) is 0 Å². The Morgan fingerprint density at radius 2 is 1.70 bits per heavy atom. The number of hydrogen-bond acceptors (Lipinski definition) is 6. The van der Waals surface area contributed by atoms with E-state index in [0.29, 0.717) is 4.31 Å². The summed E-state index contributed by atoms with van der Waals surface area (Å²) < 4.78 is 60.6. The highest BCUT2D eigenvalue weighted by Gasteiger charge is 2.29. The maximum Gasteiger partial charge on any atom is 0.425 e. The van der Waals surface area contributed by atoms with Crippen LogP contribution in [0.1, 0.15) is 43.1 Å². The smallest absolute Gasteiger partial charge is 0.425 e. The topological polar surface area (TPSA) is 116 Å². The lowest BCUT2D eigenvalue weighted by atomic mass is 10.1. The van der Waals surface area contributed by atoms with E-state index in [2.05, 4.69) is 4.74 Å². The minimum Gasteiger partial charge on any atom is -0.465 e. The Kier molecular flexibility index (Phi) is 7.26. The summed E-state index contributed by atoms with van der Waals surface area (Å²) in [7, 11) is -3.39. The first-order valence-electron chi connectivity index (χ1n) is 7.86. The first-order chi connectivity index (χ1) is 12.3. The molecule has 0 saturated heterocycles. The standard InChI is InChI=1S/C16H22F2N2O6S/c1-16(2,3)26-15(22)20(27(19,23)24)7-5-6-10-8-11(17)13(12(18)9-10)14(21)25-4/h8-9H,5-7H2,1-4H3,(H2,19,23,24). The quantitative estimate of drug-likeness (QED) is 0.721. The van der Waals surface area contributed by atoms with Gasteiger partial charge in [0.15, 0.2) is 0 Å². The van der Waals surface area contributed by atoms with Gasteiger partial charge in [0, 0.05) is 6.54 Å². The van der Waals surface area contributed by atoms with Crippen molar-refractivity contribution in [1.82, 2.24) is 4.31 Å². The molecule has 0 aromatic heterocycles. The van der Waals surface area contributed by atoms with Gasteiger partial charge in [0.2, 0.25) is 0 Å². The van der Waals surface area contributed by atoms with E-state index in [1.807, 2.05) is 0 Å². The van der Waals surface area contributed by atoms with Crippen molar-refractivity contribution >= 4 is 22.3 Å². The molecule has 0 bridgehead atoms. The molecule has 1 rings (SSSR count). The van der Waals surface area contributed by atoms with E-state index in [0.717, 1.165) is 19.2 Å². The average Bonchev–Trinajstić information content (AvgIpc) is 2.47. The molecule has 1 aromatic rings. The number of amides is 1. The maximum absolute atomic E-state index is 13.9. The summed E-state index contributed by atoms with van der Waals surface area (Å²) in [5, 5.41) is 5.02. The van der Waals surface area contributed by atoms with Gasteiger partial charge in [-0.2, -0.15) is 12.7 Å². The molecule has 2 N–H and O–H groups in total. The lowest BCUT2D eigenvalue weighted by Gasteiger charge is -2.25. The molecule has 1 amide bonds. The van der Waals surface area contributed by atoms with Crippen molar-refractivity contribution in [2.75, 3.05) is 13.7 Å². The summed E-state index contributed by atoms with van der Waals surface area (Å²) in [6.07, 6.45) is -1.11. The zero-order valence-corrected chi connectivity index (χ0v) is 16.2. The van der Waals surface area contributed by atoms with Gasteiger partial charge >= 0.3 is 22.3 Å². The highest BCUT2D eigenvalue weighted by atomic mass is 32.2. The van der Waals surface area contributed by atoms with Crippen LogP contribution in [0, 0.1) is 11.6 Å². The molecule has 0 aliphatic carbocycles. The van der Waals surface area contributed by atoms with E-state index in [4.69, 9.17) is 9.88 Å². The molecular weight excluding hydrogens is 386 g/mol. The number of carbonyl (C=O) groups excluding carboxylic acids is 2. The monoisotopic (exact) mass is 408 g/mol. The van der Waals surface area contributed by atoms with Crippen LogP contribution >= 0.6 is 0 Å². The first kappa shape index (κ1) is 22.8. The van der Waals surface area contributed by atoms with Gasteiger partial charge in [-0.1, -0.05) is 0 Å². The van der Waals surface area contributed by atoms with Gasteiger partial charge in [-0.05, 0) is 51.3 Å². The Morgan fingerprint density at radius 3 is 2.11 bits per heavy atom. The Morgan fingerprint density at radius 1 is 1.19 bits per heavy atom. The summed E-state index contributed by atoms with van der Waals surface area (Å²) in [6.45, 7) is 4.32. The van der Waals surface area contributed by atoms with Gasteiger partial charge in [0.1, 0.15) is 22.8 Å². The van der Waals surface area contributed by atoms with Gasteiger partial charge in [-0.25, -0.2) is 23.5 Å². The Labute approximate surface area is 156 Å². The fourth-order valence-corrected chi connectivity index (χ4v) is 2.76. The number of aryl methyl sites for hydroxylation is 1. The van der Waals surface area contributed by atoms with Crippen LogP contribution in [-0.2, 0) is 26.1 Å². The number of esters is 1. The molecule has 0 unspecified atom stereocenters. The maximum atomic E-state index is 13.9. The number of carbonyl (C=O) groups is 2. The van der Waals surface area contributed by atoms with Gasteiger partial charge in [-0.3, -0.25) is 0 Å². The number of benzene rings is 1. The van der Waals surface area contributed by atoms with Gasteiger partial charge in [0.05, 0.1) is 7.11 Å². The first-order valence-corrected chi connectivity index (χ1v) is 9.36. The fraction of sp³-hybridized carbons (Fsp3) is 0.500. The second-order valence-corrected chi connectivity index (χ2v) is 8.10. The van der Waals surface area contributed by atoms with Crippen LogP contribution in [0.5, 0.6) is 0 Å². The van der Waals surface area contributed by atoms with Crippen molar-refractivity contribution in [3.8, 4) is 0 Å². The van der Waals surface area contributed by atoms with E-state index < -0.39 is 45.1 Å². The third-order valence-corrected chi connectivity index (χ3v) is 4.17. The van der Waals surface area contributed by atoms with Crippen molar-refractivity contribution in [3.05, 3.63) is 34.9 Å². The number of nitrogens with two attached hydrogens (primary N) is 1. The Bertz CT molecular complexity index is 798. The van der Waals surface area contributed by atoms with Crippen LogP contribution in [0.2, 0.25) is 0 Å². The third kappa shape index (κ3) is 6.75. The summed E-state index contributed by atoms with van der Waals surface area (Å²) >= 11 is 0. The minimum atomic E-state index is -4.38. The van der Waals surface area contributed by atoms with Gasteiger partial charge in [-0.15, -0.1) is 0 Å².